The lowest BCUT2D eigenvalue weighted by atomic mass is 10.00. The minimum atomic E-state index is 0.625. The minimum Gasteiger partial charge on any atom is -0.452 e. The second-order valence-electron chi connectivity index (χ2n) is 31.9. The van der Waals surface area contributed by atoms with Gasteiger partial charge < -0.3 is 26.8 Å². The predicted molar refractivity (Wildman–Crippen MR) is 512 cm³/mol. The average Bonchev–Trinajstić information content (AvgIpc) is 1.58. The summed E-state index contributed by atoms with van der Waals surface area (Å²) in [6.07, 6.45) is 0. The molecule has 0 amide bonds. The van der Waals surface area contributed by atoms with Crippen molar-refractivity contribution in [2.75, 3.05) is 0 Å². The van der Waals surface area contributed by atoms with Crippen LogP contribution in [0.25, 0.3) is 256 Å². The molecule has 0 aliphatic heterocycles. The second-order valence-corrected chi connectivity index (χ2v) is 31.9. The molecule has 0 N–H and O–H groups in total. The van der Waals surface area contributed by atoms with Gasteiger partial charge in [0.05, 0.1) is 22.1 Å². The molecule has 0 aliphatic carbocycles. The molecule has 0 fully saturated rings. The van der Waals surface area contributed by atoms with E-state index in [9.17, 15) is 0 Å². The molecule has 0 saturated carbocycles. The zero-order valence-corrected chi connectivity index (χ0v) is 67.5. The third-order valence-electron chi connectivity index (χ3n) is 24.5. The number of furan rings is 4. The van der Waals surface area contributed by atoms with Crippen LogP contribution in [0.5, 0.6) is 0 Å². The standard InChI is InChI=1S/2C57H34N4O2/c1-3-14-35(15-4-1)55-58-56(36-16-5-2-6-17-36)60-57(59-55)40-20-11-18-37(32-40)38-19-12-21-41(33-38)61-49-26-9-7-22-43(49)48-34-39(28-31-50(48)61)42-24-13-25-45-47-30-29-46-44-23-8-10-27-51(44)62-53(46)54(47)63-52(42)45;1-3-12-37(13-4-1)55-58-56(38-14-5-2-6-15-38)60-57(59-55)39-24-22-35(23-25-39)36-26-29-41(30-27-36)61-49-20-9-7-16-43(49)48-34-40(28-33-50(48)61)42-18-11-19-45-47-32-31-46-44-17-8-10-21-51(44)62-53(46)54(47)63-52(42)45/h2*1-34H. The van der Waals surface area contributed by atoms with Crippen LogP contribution in [-0.4, -0.2) is 39.0 Å². The van der Waals surface area contributed by atoms with E-state index in [-0.39, 0.29) is 0 Å². The largest absolute Gasteiger partial charge is 0.452 e. The smallest absolute Gasteiger partial charge is 0.178 e. The number of fused-ring (bicyclic) bond motifs is 20. The van der Waals surface area contributed by atoms with Gasteiger partial charge in [-0.25, -0.2) is 29.9 Å². The van der Waals surface area contributed by atoms with Crippen LogP contribution in [0.15, 0.2) is 430 Å². The summed E-state index contributed by atoms with van der Waals surface area (Å²) in [7, 11) is 0. The predicted octanol–water partition coefficient (Wildman–Crippen LogP) is 30.2. The molecule has 18 aromatic carbocycles. The molecule has 8 heterocycles. The van der Waals surface area contributed by atoms with Crippen LogP contribution < -0.4 is 0 Å². The SMILES string of the molecule is c1ccc(-c2nc(-c3ccccc3)nc(-c3ccc(-c4ccc(-n5c6ccccc6c6cc(-c7cccc8c7oc7c8ccc8c9ccccc9oc87)ccc65)cc4)cc3)n2)cc1.c1ccc(-c2nc(-c3ccccc3)nc(-c3cccc(-c4cccc(-n5c6ccccc6c6cc(-c7cccc8c7oc7c8ccc8c9ccccc9oc87)ccc65)c4)c3)n2)cc1. The average molecular weight is 1610 g/mol. The molecule has 0 spiro atoms. The maximum Gasteiger partial charge on any atom is 0.178 e. The number of nitrogens with zero attached hydrogens (tertiary/aromatic N) is 8. The molecule has 588 valence electrons. The normalized spacial score (nSPS) is 11.8. The van der Waals surface area contributed by atoms with Gasteiger partial charge in [0.25, 0.3) is 0 Å². The lowest BCUT2D eigenvalue weighted by Gasteiger charge is -2.12. The summed E-state index contributed by atoms with van der Waals surface area (Å²) < 4.78 is 31.0. The molecule has 0 aliphatic rings. The Morgan fingerprint density at radius 1 is 0.151 bits per heavy atom. The summed E-state index contributed by atoms with van der Waals surface area (Å²) in [4.78, 5) is 29.6. The zero-order chi connectivity index (χ0) is 82.9. The summed E-state index contributed by atoms with van der Waals surface area (Å²) in [5, 5.41) is 13.3. The zero-order valence-electron chi connectivity index (χ0n) is 67.5. The van der Waals surface area contributed by atoms with Gasteiger partial charge in [-0.1, -0.05) is 309 Å². The van der Waals surface area contributed by atoms with Gasteiger partial charge in [0.1, 0.15) is 22.3 Å². The maximum atomic E-state index is 6.79. The van der Waals surface area contributed by atoms with Crippen molar-refractivity contribution in [1.82, 2.24) is 39.0 Å². The van der Waals surface area contributed by atoms with Crippen LogP contribution in [-0.2, 0) is 0 Å². The van der Waals surface area contributed by atoms with Crippen molar-refractivity contribution in [3.63, 3.8) is 0 Å². The third kappa shape index (κ3) is 12.1. The number of hydrogen-bond donors (Lipinski definition) is 0. The first-order valence-corrected chi connectivity index (χ1v) is 42.2. The molecular weight excluding hydrogens is 1550 g/mol. The highest BCUT2D eigenvalue weighted by molar-refractivity contribution is 6.23. The van der Waals surface area contributed by atoms with E-state index >= 15 is 0 Å². The van der Waals surface area contributed by atoms with E-state index in [4.69, 9.17) is 47.6 Å². The quantitative estimate of drug-likeness (QED) is 0.116. The van der Waals surface area contributed by atoms with E-state index in [1.807, 2.05) is 158 Å². The van der Waals surface area contributed by atoms with Crippen LogP contribution >= 0.6 is 0 Å². The van der Waals surface area contributed by atoms with Gasteiger partial charge in [0, 0.05) is 121 Å². The molecule has 26 aromatic rings. The second kappa shape index (κ2) is 29.3. The Balaban J connectivity index is 0.000000137. The number of hydrogen-bond acceptors (Lipinski definition) is 10. The Kier molecular flexibility index (Phi) is 16.7. The maximum absolute atomic E-state index is 6.79. The highest BCUT2D eigenvalue weighted by Gasteiger charge is 2.25. The van der Waals surface area contributed by atoms with Crippen LogP contribution in [0.1, 0.15) is 0 Å². The minimum absolute atomic E-state index is 0.625. The van der Waals surface area contributed by atoms with Crippen molar-refractivity contribution in [2.45, 2.75) is 0 Å². The van der Waals surface area contributed by atoms with Crippen molar-refractivity contribution < 1.29 is 17.7 Å². The van der Waals surface area contributed by atoms with E-state index < -0.39 is 0 Å². The van der Waals surface area contributed by atoms with E-state index in [1.54, 1.807) is 0 Å². The van der Waals surface area contributed by atoms with Gasteiger partial charge in [-0.05, 0) is 137 Å². The molecule has 0 atom stereocenters. The summed E-state index contributed by atoms with van der Waals surface area (Å²) in [5.41, 5.74) is 27.5. The van der Waals surface area contributed by atoms with Gasteiger partial charge >= 0.3 is 0 Å². The summed E-state index contributed by atoms with van der Waals surface area (Å²) in [5.74, 6) is 3.83. The Morgan fingerprint density at radius 2 is 0.444 bits per heavy atom. The van der Waals surface area contributed by atoms with Gasteiger partial charge in [-0.15, -0.1) is 0 Å². The van der Waals surface area contributed by atoms with Crippen LogP contribution in [0.3, 0.4) is 0 Å². The number of aromatic nitrogens is 8. The summed E-state index contributed by atoms with van der Waals surface area (Å²) in [6, 6.07) is 143. The highest BCUT2D eigenvalue weighted by atomic mass is 16.4. The number of para-hydroxylation sites is 6. The first-order valence-electron chi connectivity index (χ1n) is 42.2. The van der Waals surface area contributed by atoms with Gasteiger partial charge in [-0.2, -0.15) is 0 Å². The van der Waals surface area contributed by atoms with Gasteiger partial charge in [0.15, 0.2) is 57.3 Å². The summed E-state index contributed by atoms with van der Waals surface area (Å²) >= 11 is 0. The topological polar surface area (TPSA) is 140 Å². The monoisotopic (exact) mass is 1610 g/mol. The van der Waals surface area contributed by atoms with Gasteiger partial charge in [-0.3, -0.25) is 0 Å². The van der Waals surface area contributed by atoms with Crippen molar-refractivity contribution in [3.8, 4) is 124 Å². The van der Waals surface area contributed by atoms with Crippen molar-refractivity contribution in [1.29, 1.82) is 0 Å². The molecule has 8 aromatic heterocycles. The molecular formula is C114H68N8O4. The number of benzene rings is 18. The first kappa shape index (κ1) is 71.7. The third-order valence-corrected chi connectivity index (χ3v) is 24.5. The molecule has 0 bridgehead atoms. The highest BCUT2D eigenvalue weighted by Crippen LogP contribution is 2.47. The van der Waals surface area contributed by atoms with Crippen LogP contribution in [0.4, 0.5) is 0 Å². The molecule has 0 unspecified atom stereocenters. The fraction of sp³-hybridized carbons (Fsp3) is 0. The van der Waals surface area contributed by atoms with E-state index in [0.29, 0.717) is 34.9 Å². The molecule has 12 nitrogen and oxygen atoms in total. The van der Waals surface area contributed by atoms with Gasteiger partial charge in [0.2, 0.25) is 0 Å². The Labute approximate surface area is 720 Å². The Hall–Kier alpha value is -17.2. The fourth-order valence-corrected chi connectivity index (χ4v) is 18.5. The van der Waals surface area contributed by atoms with Crippen LogP contribution in [0, 0.1) is 0 Å². The number of rotatable bonds is 12. The lowest BCUT2D eigenvalue weighted by molar-refractivity contribution is 0.634. The van der Waals surface area contributed by atoms with Crippen molar-refractivity contribution in [3.05, 3.63) is 413 Å². The Morgan fingerprint density at radius 3 is 0.897 bits per heavy atom. The molecule has 0 saturated heterocycles. The summed E-state index contributed by atoms with van der Waals surface area (Å²) in [6.45, 7) is 0. The molecule has 12 heteroatoms. The van der Waals surface area contributed by atoms with Crippen molar-refractivity contribution >= 4 is 131 Å². The Bertz CT molecular complexity index is 8720. The molecule has 26 rings (SSSR count). The van der Waals surface area contributed by atoms with E-state index in [1.165, 1.54) is 21.5 Å². The lowest BCUT2D eigenvalue weighted by Crippen LogP contribution is -2.00. The van der Waals surface area contributed by atoms with E-state index in [0.717, 1.165) is 199 Å². The van der Waals surface area contributed by atoms with Crippen molar-refractivity contribution in [2.24, 2.45) is 0 Å². The molecule has 0 radical (unpaired) electrons. The molecule has 126 heavy (non-hydrogen) atoms. The van der Waals surface area contributed by atoms with E-state index in [2.05, 4.69) is 264 Å². The fourth-order valence-electron chi connectivity index (χ4n) is 18.5. The first-order chi connectivity index (χ1) is 62.4. The van der Waals surface area contributed by atoms with Crippen LogP contribution in [0.2, 0.25) is 0 Å².